The standard InChI is InChI=1S/C13H14N4S/c1-2-10-17(9-1)12-13(16-8-7-15-12)18-11-3-5-14-6-4-11/h3-8H,1-2,9-10H2. The minimum absolute atomic E-state index is 0.977. The van der Waals surface area contributed by atoms with Crippen LogP contribution < -0.4 is 4.90 Å². The lowest BCUT2D eigenvalue weighted by Crippen LogP contribution is -2.20. The van der Waals surface area contributed by atoms with E-state index >= 15 is 0 Å². The number of aromatic nitrogens is 3. The first-order valence-electron chi connectivity index (χ1n) is 6.07. The Morgan fingerprint density at radius 2 is 1.67 bits per heavy atom. The van der Waals surface area contributed by atoms with Gasteiger partial charge in [0.1, 0.15) is 5.03 Å². The van der Waals surface area contributed by atoms with Gasteiger partial charge in [0.05, 0.1) is 0 Å². The second-order valence-corrected chi connectivity index (χ2v) is 5.23. The predicted molar refractivity (Wildman–Crippen MR) is 71.8 cm³/mol. The fourth-order valence-corrected chi connectivity index (χ4v) is 2.92. The topological polar surface area (TPSA) is 41.9 Å². The Labute approximate surface area is 110 Å². The summed E-state index contributed by atoms with van der Waals surface area (Å²) in [7, 11) is 0. The summed E-state index contributed by atoms with van der Waals surface area (Å²) in [6.07, 6.45) is 9.61. The van der Waals surface area contributed by atoms with E-state index in [1.54, 1.807) is 36.5 Å². The molecule has 0 spiro atoms. The smallest absolute Gasteiger partial charge is 0.161 e. The highest BCUT2D eigenvalue weighted by molar-refractivity contribution is 7.99. The van der Waals surface area contributed by atoms with E-state index in [2.05, 4.69) is 19.9 Å². The normalized spacial score (nSPS) is 15.0. The first-order valence-corrected chi connectivity index (χ1v) is 6.89. The number of pyridine rings is 1. The molecule has 0 N–H and O–H groups in total. The Morgan fingerprint density at radius 1 is 0.944 bits per heavy atom. The quantitative estimate of drug-likeness (QED) is 0.846. The number of nitrogens with zero attached hydrogens (tertiary/aromatic N) is 4. The minimum atomic E-state index is 0.977. The Bertz CT molecular complexity index is 511. The fourth-order valence-electron chi connectivity index (χ4n) is 2.05. The molecular formula is C13H14N4S. The van der Waals surface area contributed by atoms with Crippen LogP contribution in [0.15, 0.2) is 46.8 Å². The van der Waals surface area contributed by atoms with Gasteiger partial charge in [-0.25, -0.2) is 9.97 Å². The molecule has 0 atom stereocenters. The van der Waals surface area contributed by atoms with Crippen LogP contribution in [0, 0.1) is 0 Å². The molecule has 0 aromatic carbocycles. The van der Waals surface area contributed by atoms with Crippen molar-refractivity contribution in [2.24, 2.45) is 0 Å². The Morgan fingerprint density at radius 3 is 2.44 bits per heavy atom. The van der Waals surface area contributed by atoms with Gasteiger partial charge in [0.2, 0.25) is 0 Å². The molecule has 4 nitrogen and oxygen atoms in total. The van der Waals surface area contributed by atoms with E-state index in [0.717, 1.165) is 28.8 Å². The van der Waals surface area contributed by atoms with Crippen molar-refractivity contribution in [2.75, 3.05) is 18.0 Å². The Kier molecular flexibility index (Phi) is 3.41. The molecule has 3 rings (SSSR count). The van der Waals surface area contributed by atoms with Crippen molar-refractivity contribution >= 4 is 17.6 Å². The van der Waals surface area contributed by atoms with Crippen LogP contribution in [0.3, 0.4) is 0 Å². The van der Waals surface area contributed by atoms with Gasteiger partial charge in [0, 0.05) is 42.8 Å². The summed E-state index contributed by atoms with van der Waals surface area (Å²) < 4.78 is 0. The van der Waals surface area contributed by atoms with Gasteiger partial charge in [-0.3, -0.25) is 4.98 Å². The Hall–Kier alpha value is -1.62. The molecule has 2 aromatic heterocycles. The second kappa shape index (κ2) is 5.35. The molecule has 0 radical (unpaired) electrons. The summed E-state index contributed by atoms with van der Waals surface area (Å²) in [5, 5.41) is 0.977. The maximum absolute atomic E-state index is 4.48. The predicted octanol–water partition coefficient (Wildman–Crippen LogP) is 2.62. The first-order chi connectivity index (χ1) is 8.93. The molecule has 1 aliphatic rings. The van der Waals surface area contributed by atoms with Crippen molar-refractivity contribution in [2.45, 2.75) is 22.8 Å². The average Bonchev–Trinajstić information content (AvgIpc) is 2.94. The van der Waals surface area contributed by atoms with E-state index in [4.69, 9.17) is 0 Å². The van der Waals surface area contributed by atoms with Crippen LogP contribution in [0.5, 0.6) is 0 Å². The van der Waals surface area contributed by atoms with Crippen molar-refractivity contribution in [1.29, 1.82) is 0 Å². The fraction of sp³-hybridized carbons (Fsp3) is 0.308. The summed E-state index contributed by atoms with van der Waals surface area (Å²) in [6.45, 7) is 2.17. The zero-order valence-corrected chi connectivity index (χ0v) is 10.8. The van der Waals surface area contributed by atoms with Gasteiger partial charge in [-0.15, -0.1) is 0 Å². The van der Waals surface area contributed by atoms with E-state index < -0.39 is 0 Å². The molecular weight excluding hydrogens is 244 g/mol. The SMILES string of the molecule is c1cc(Sc2nccnc2N2CCCC2)ccn1. The molecule has 0 unspecified atom stereocenters. The maximum atomic E-state index is 4.48. The van der Waals surface area contributed by atoms with E-state index in [1.807, 2.05) is 12.1 Å². The second-order valence-electron chi connectivity index (χ2n) is 4.16. The average molecular weight is 258 g/mol. The molecule has 0 amide bonds. The van der Waals surface area contributed by atoms with Crippen LogP contribution in [0.25, 0.3) is 0 Å². The zero-order chi connectivity index (χ0) is 12.2. The lowest BCUT2D eigenvalue weighted by atomic mass is 10.4. The van der Waals surface area contributed by atoms with E-state index in [9.17, 15) is 0 Å². The summed E-state index contributed by atoms with van der Waals surface area (Å²) in [5.74, 6) is 1.01. The maximum Gasteiger partial charge on any atom is 0.161 e. The minimum Gasteiger partial charge on any atom is -0.354 e. The third kappa shape index (κ3) is 2.46. The van der Waals surface area contributed by atoms with Crippen molar-refractivity contribution in [1.82, 2.24) is 15.0 Å². The molecule has 1 saturated heterocycles. The highest BCUT2D eigenvalue weighted by Gasteiger charge is 2.18. The third-order valence-electron chi connectivity index (χ3n) is 2.92. The lowest BCUT2D eigenvalue weighted by Gasteiger charge is -2.18. The van der Waals surface area contributed by atoms with Gasteiger partial charge in [0.25, 0.3) is 0 Å². The highest BCUT2D eigenvalue weighted by atomic mass is 32.2. The van der Waals surface area contributed by atoms with Gasteiger partial charge in [-0.05, 0) is 25.0 Å². The summed E-state index contributed by atoms with van der Waals surface area (Å²) in [4.78, 5) is 16.4. The summed E-state index contributed by atoms with van der Waals surface area (Å²) >= 11 is 1.65. The van der Waals surface area contributed by atoms with Crippen LogP contribution in [-0.4, -0.2) is 28.0 Å². The molecule has 3 heterocycles. The molecule has 92 valence electrons. The van der Waals surface area contributed by atoms with Gasteiger partial charge < -0.3 is 4.90 Å². The molecule has 0 bridgehead atoms. The molecule has 0 aliphatic carbocycles. The van der Waals surface area contributed by atoms with Gasteiger partial charge in [0.15, 0.2) is 5.82 Å². The highest BCUT2D eigenvalue weighted by Crippen LogP contribution is 2.32. The van der Waals surface area contributed by atoms with Crippen LogP contribution in [0.4, 0.5) is 5.82 Å². The number of hydrogen-bond acceptors (Lipinski definition) is 5. The van der Waals surface area contributed by atoms with Gasteiger partial charge in [-0.1, -0.05) is 11.8 Å². The molecule has 1 fully saturated rings. The first kappa shape index (κ1) is 11.5. The molecule has 5 heteroatoms. The lowest BCUT2D eigenvalue weighted by molar-refractivity contribution is 0.886. The largest absolute Gasteiger partial charge is 0.354 e. The van der Waals surface area contributed by atoms with Crippen LogP contribution in [0.1, 0.15) is 12.8 Å². The number of hydrogen-bond donors (Lipinski definition) is 0. The molecule has 18 heavy (non-hydrogen) atoms. The van der Waals surface area contributed by atoms with E-state index in [0.29, 0.717) is 0 Å². The van der Waals surface area contributed by atoms with E-state index in [-0.39, 0.29) is 0 Å². The molecule has 1 aliphatic heterocycles. The molecule has 2 aromatic rings. The van der Waals surface area contributed by atoms with Gasteiger partial charge >= 0.3 is 0 Å². The van der Waals surface area contributed by atoms with Crippen molar-refractivity contribution < 1.29 is 0 Å². The van der Waals surface area contributed by atoms with Gasteiger partial charge in [-0.2, -0.15) is 0 Å². The van der Waals surface area contributed by atoms with Crippen LogP contribution in [0.2, 0.25) is 0 Å². The van der Waals surface area contributed by atoms with Crippen molar-refractivity contribution in [3.8, 4) is 0 Å². The van der Waals surface area contributed by atoms with Crippen LogP contribution >= 0.6 is 11.8 Å². The monoisotopic (exact) mass is 258 g/mol. The van der Waals surface area contributed by atoms with Crippen LogP contribution in [-0.2, 0) is 0 Å². The summed E-state index contributed by atoms with van der Waals surface area (Å²) in [5.41, 5.74) is 0. The van der Waals surface area contributed by atoms with Crippen molar-refractivity contribution in [3.05, 3.63) is 36.9 Å². The van der Waals surface area contributed by atoms with E-state index in [1.165, 1.54) is 12.8 Å². The Balaban J connectivity index is 1.87. The zero-order valence-electron chi connectivity index (χ0n) is 9.99. The van der Waals surface area contributed by atoms with Crippen molar-refractivity contribution in [3.63, 3.8) is 0 Å². The summed E-state index contributed by atoms with van der Waals surface area (Å²) in [6, 6.07) is 3.99. The third-order valence-corrected chi connectivity index (χ3v) is 3.91. The number of anilines is 1. The number of rotatable bonds is 3. The molecule has 0 saturated carbocycles.